The van der Waals surface area contributed by atoms with Gasteiger partial charge < -0.3 is 19.0 Å². The number of benzene rings is 2. The standard InChI is InChI=1S/C21H21N3O6S2/c1-27-14-7-2-3-8-17(14)32(25,26)24-20-18-16(30-23-20)12-15(29-21-22-9-11-31-21)13-6-4-5-10-28-19(13)18/h2-3,7-9,11-12,20,23-24H,4-6,10H2,1H3. The fraction of sp³-hybridized carbons (Fsp3) is 0.286. The highest BCUT2D eigenvalue weighted by molar-refractivity contribution is 7.89. The Morgan fingerprint density at radius 1 is 1.25 bits per heavy atom. The van der Waals surface area contributed by atoms with Crippen LogP contribution >= 0.6 is 11.3 Å². The molecule has 0 saturated carbocycles. The number of ether oxygens (including phenoxy) is 3. The van der Waals surface area contributed by atoms with Crippen LogP contribution in [-0.2, 0) is 16.4 Å². The molecule has 0 radical (unpaired) electrons. The molecule has 32 heavy (non-hydrogen) atoms. The number of thiazole rings is 1. The first-order valence-electron chi connectivity index (χ1n) is 10.0. The third-order valence-corrected chi connectivity index (χ3v) is 7.34. The van der Waals surface area contributed by atoms with E-state index in [4.69, 9.17) is 19.0 Å². The number of rotatable bonds is 6. The minimum Gasteiger partial charge on any atom is -0.495 e. The average molecular weight is 476 g/mol. The molecule has 0 bridgehead atoms. The molecule has 3 aromatic rings. The summed E-state index contributed by atoms with van der Waals surface area (Å²) >= 11 is 1.38. The molecule has 0 fully saturated rings. The molecule has 2 N–H and O–H groups in total. The quantitative estimate of drug-likeness (QED) is 0.558. The second kappa shape index (κ2) is 8.58. The van der Waals surface area contributed by atoms with Crippen molar-refractivity contribution in [2.75, 3.05) is 13.7 Å². The fourth-order valence-corrected chi connectivity index (χ4v) is 5.55. The molecule has 1 aromatic heterocycles. The van der Waals surface area contributed by atoms with Crippen molar-refractivity contribution < 1.29 is 27.5 Å². The maximum Gasteiger partial charge on any atom is 0.278 e. The summed E-state index contributed by atoms with van der Waals surface area (Å²) in [4.78, 5) is 9.85. The average Bonchev–Trinajstić information content (AvgIpc) is 3.37. The number of fused-ring (bicyclic) bond motifs is 3. The van der Waals surface area contributed by atoms with Crippen molar-refractivity contribution in [3.63, 3.8) is 0 Å². The van der Waals surface area contributed by atoms with E-state index in [1.165, 1.54) is 24.5 Å². The Morgan fingerprint density at radius 3 is 2.94 bits per heavy atom. The summed E-state index contributed by atoms with van der Waals surface area (Å²) < 4.78 is 46.2. The summed E-state index contributed by atoms with van der Waals surface area (Å²) in [6, 6.07) is 8.18. The summed E-state index contributed by atoms with van der Waals surface area (Å²) in [7, 11) is -2.50. The SMILES string of the molecule is COc1ccccc1S(=O)(=O)NC1NOc2cc(Oc3nccs3)c3c(c21)OCCCC3. The number of nitrogens with one attached hydrogen (secondary N) is 2. The van der Waals surface area contributed by atoms with E-state index < -0.39 is 16.2 Å². The fourth-order valence-electron chi connectivity index (χ4n) is 3.78. The number of aromatic nitrogens is 1. The Morgan fingerprint density at radius 2 is 2.12 bits per heavy atom. The van der Waals surface area contributed by atoms with Gasteiger partial charge in [0.1, 0.15) is 28.3 Å². The molecule has 11 heteroatoms. The smallest absolute Gasteiger partial charge is 0.278 e. The van der Waals surface area contributed by atoms with E-state index in [0.717, 1.165) is 24.8 Å². The minimum atomic E-state index is -3.93. The van der Waals surface area contributed by atoms with Crippen molar-refractivity contribution in [3.8, 4) is 28.2 Å². The van der Waals surface area contributed by atoms with Crippen LogP contribution in [0.4, 0.5) is 0 Å². The van der Waals surface area contributed by atoms with Gasteiger partial charge in [0.15, 0.2) is 5.75 Å². The third kappa shape index (κ3) is 3.88. The molecule has 2 aliphatic heterocycles. The first-order chi connectivity index (χ1) is 15.6. The lowest BCUT2D eigenvalue weighted by Crippen LogP contribution is -2.36. The number of methoxy groups -OCH3 is 1. The number of nitrogens with zero attached hydrogens (tertiary/aromatic N) is 1. The summed E-state index contributed by atoms with van der Waals surface area (Å²) in [6.45, 7) is 0.520. The zero-order valence-electron chi connectivity index (χ0n) is 17.2. The lowest BCUT2D eigenvalue weighted by molar-refractivity contribution is 0.187. The van der Waals surface area contributed by atoms with Gasteiger partial charge in [-0.05, 0) is 31.4 Å². The summed E-state index contributed by atoms with van der Waals surface area (Å²) in [5.74, 6) is 1.85. The maximum atomic E-state index is 13.1. The van der Waals surface area contributed by atoms with Crippen LogP contribution in [0.1, 0.15) is 30.1 Å². The van der Waals surface area contributed by atoms with Crippen LogP contribution < -0.4 is 29.3 Å². The molecule has 5 rings (SSSR count). The Balaban J connectivity index is 1.53. The highest BCUT2D eigenvalue weighted by Gasteiger charge is 2.36. The lowest BCUT2D eigenvalue weighted by Gasteiger charge is -2.19. The monoisotopic (exact) mass is 475 g/mol. The van der Waals surface area contributed by atoms with Crippen LogP contribution in [0.3, 0.4) is 0 Å². The van der Waals surface area contributed by atoms with Crippen molar-refractivity contribution in [1.82, 2.24) is 15.2 Å². The van der Waals surface area contributed by atoms with Gasteiger partial charge in [-0.3, -0.25) is 0 Å². The van der Waals surface area contributed by atoms with Crippen LogP contribution in [0.2, 0.25) is 0 Å². The highest BCUT2D eigenvalue weighted by Crippen LogP contribution is 2.47. The van der Waals surface area contributed by atoms with Crippen molar-refractivity contribution in [2.24, 2.45) is 0 Å². The van der Waals surface area contributed by atoms with E-state index >= 15 is 0 Å². The molecule has 1 atom stereocenters. The molecule has 3 heterocycles. The predicted octanol–water partition coefficient (Wildman–Crippen LogP) is 3.53. The highest BCUT2D eigenvalue weighted by atomic mass is 32.2. The van der Waals surface area contributed by atoms with Gasteiger partial charge in [-0.2, -0.15) is 4.72 Å². The molecule has 2 aromatic carbocycles. The number of hydrogen-bond donors (Lipinski definition) is 2. The number of para-hydroxylation sites is 1. The zero-order chi connectivity index (χ0) is 22.1. The molecule has 168 valence electrons. The minimum absolute atomic E-state index is 0.0356. The molecular weight excluding hydrogens is 454 g/mol. The molecular formula is C21H21N3O6S2. The molecule has 2 aliphatic rings. The molecule has 9 nitrogen and oxygen atoms in total. The van der Waals surface area contributed by atoms with Crippen LogP contribution in [0.5, 0.6) is 28.2 Å². The van der Waals surface area contributed by atoms with E-state index in [9.17, 15) is 8.42 Å². The second-order valence-corrected chi connectivity index (χ2v) is 9.76. The van der Waals surface area contributed by atoms with Gasteiger partial charge in [-0.25, -0.2) is 13.4 Å². The maximum absolute atomic E-state index is 13.1. The molecule has 0 saturated heterocycles. The number of hydrogen-bond acceptors (Lipinski definition) is 9. The molecule has 0 spiro atoms. The van der Waals surface area contributed by atoms with Gasteiger partial charge in [-0.15, -0.1) is 5.48 Å². The first kappa shape index (κ1) is 21.0. The third-order valence-electron chi connectivity index (χ3n) is 5.23. The zero-order valence-corrected chi connectivity index (χ0v) is 18.8. The Hall–Kier alpha value is -2.86. The van der Waals surface area contributed by atoms with Gasteiger partial charge >= 0.3 is 0 Å². The Bertz CT molecular complexity index is 1230. The summed E-state index contributed by atoms with van der Waals surface area (Å²) in [5.41, 5.74) is 4.22. The number of sulfonamides is 1. The van der Waals surface area contributed by atoms with Crippen molar-refractivity contribution in [3.05, 3.63) is 53.0 Å². The second-order valence-electron chi connectivity index (χ2n) is 7.22. The van der Waals surface area contributed by atoms with E-state index in [1.54, 1.807) is 30.5 Å². The summed E-state index contributed by atoms with van der Waals surface area (Å²) in [6.07, 6.45) is 3.36. The predicted molar refractivity (Wildman–Crippen MR) is 117 cm³/mol. The van der Waals surface area contributed by atoms with Crippen LogP contribution in [0, 0.1) is 0 Å². The van der Waals surface area contributed by atoms with E-state index in [-0.39, 0.29) is 10.6 Å². The van der Waals surface area contributed by atoms with E-state index in [2.05, 4.69) is 15.2 Å². The molecule has 1 unspecified atom stereocenters. The number of hydroxylamine groups is 1. The van der Waals surface area contributed by atoms with E-state index in [0.29, 0.717) is 34.6 Å². The van der Waals surface area contributed by atoms with Crippen LogP contribution in [0.25, 0.3) is 0 Å². The van der Waals surface area contributed by atoms with Gasteiger partial charge in [0.2, 0.25) is 10.0 Å². The first-order valence-corrected chi connectivity index (χ1v) is 12.4. The molecule has 0 aliphatic carbocycles. The van der Waals surface area contributed by atoms with E-state index in [1.807, 2.05) is 5.38 Å². The molecule has 0 amide bonds. The van der Waals surface area contributed by atoms with Gasteiger partial charge in [0.25, 0.3) is 5.19 Å². The normalized spacial score (nSPS) is 17.5. The van der Waals surface area contributed by atoms with Crippen molar-refractivity contribution >= 4 is 21.4 Å². The van der Waals surface area contributed by atoms with Gasteiger partial charge in [-0.1, -0.05) is 23.5 Å². The summed E-state index contributed by atoms with van der Waals surface area (Å²) in [5, 5.41) is 2.34. The van der Waals surface area contributed by atoms with Gasteiger partial charge in [0, 0.05) is 23.2 Å². The van der Waals surface area contributed by atoms with Crippen molar-refractivity contribution in [2.45, 2.75) is 30.3 Å². The largest absolute Gasteiger partial charge is 0.495 e. The van der Waals surface area contributed by atoms with Crippen LogP contribution in [-0.4, -0.2) is 27.1 Å². The van der Waals surface area contributed by atoms with Crippen LogP contribution in [0.15, 0.2) is 46.8 Å². The topological polar surface area (TPSA) is 108 Å². The lowest BCUT2D eigenvalue weighted by atomic mass is 10.0. The van der Waals surface area contributed by atoms with Crippen molar-refractivity contribution in [1.29, 1.82) is 0 Å². The Kier molecular flexibility index (Phi) is 5.64. The Labute approximate surface area is 189 Å². The van der Waals surface area contributed by atoms with Gasteiger partial charge in [0.05, 0.1) is 19.3 Å².